The van der Waals surface area contributed by atoms with Crippen molar-refractivity contribution >= 4 is 37.4 Å². The second-order valence-corrected chi connectivity index (χ2v) is 10.2. The van der Waals surface area contributed by atoms with Gasteiger partial charge in [-0.15, -0.1) is 0 Å². The number of hydrogen-bond acceptors (Lipinski definition) is 7. The Balaban J connectivity index is 1.52. The smallest absolute Gasteiger partial charge is 0.241 e. The second-order valence-electron chi connectivity index (χ2n) is 7.79. The fourth-order valence-electron chi connectivity index (χ4n) is 4.59. The first-order valence-corrected chi connectivity index (χ1v) is 11.2. The number of nitrogens with two attached hydrogens (primary N) is 1. The molecule has 0 radical (unpaired) electrons. The van der Waals surface area contributed by atoms with Gasteiger partial charge in [-0.3, -0.25) is 0 Å². The average molecular weight is 474 g/mol. The van der Waals surface area contributed by atoms with Crippen LogP contribution in [0.4, 0.5) is 5.82 Å². The molecule has 6 rings (SSSR count). The molecule has 3 aliphatic rings. The molecule has 148 valence electrons. The summed E-state index contributed by atoms with van der Waals surface area (Å²) in [6, 6.07) is 8.92. The first-order chi connectivity index (χ1) is 13.8. The van der Waals surface area contributed by atoms with Gasteiger partial charge < -0.3 is 5.73 Å². The monoisotopic (exact) mass is 473 g/mol. The maximum Gasteiger partial charge on any atom is 0.241 e. The summed E-state index contributed by atoms with van der Waals surface area (Å²) in [4.78, 5) is 8.41. The molecule has 0 saturated heterocycles. The Bertz CT molecular complexity index is 1310. The fourth-order valence-corrected chi connectivity index (χ4v) is 6.63. The van der Waals surface area contributed by atoms with Crippen LogP contribution in [0.25, 0.3) is 16.9 Å². The quantitative estimate of drug-likeness (QED) is 0.591. The van der Waals surface area contributed by atoms with Gasteiger partial charge in [-0.25, -0.2) is 27.6 Å². The van der Waals surface area contributed by atoms with E-state index in [-0.39, 0.29) is 16.1 Å². The maximum atomic E-state index is 13.1. The van der Waals surface area contributed by atoms with Crippen LogP contribution in [0.3, 0.4) is 0 Å². The minimum Gasteiger partial charge on any atom is -0.381 e. The molecule has 3 saturated carbocycles. The number of anilines is 1. The van der Waals surface area contributed by atoms with Gasteiger partial charge in [0.2, 0.25) is 10.0 Å². The first kappa shape index (κ1) is 18.5. The third-order valence-electron chi connectivity index (χ3n) is 5.85. The highest BCUT2D eigenvalue weighted by molar-refractivity contribution is 9.10. The van der Waals surface area contributed by atoms with Crippen LogP contribution >= 0.6 is 15.9 Å². The summed E-state index contributed by atoms with van der Waals surface area (Å²) >= 11 is 3.40. The van der Waals surface area contributed by atoms with Crippen LogP contribution in [0, 0.1) is 16.7 Å². The van der Waals surface area contributed by atoms with Crippen LogP contribution in [0.5, 0.6) is 0 Å². The lowest BCUT2D eigenvalue weighted by molar-refractivity contribution is 0.161. The normalized spacial score (nSPS) is 25.7. The van der Waals surface area contributed by atoms with Gasteiger partial charge in [0, 0.05) is 11.1 Å². The first-order valence-electron chi connectivity index (χ1n) is 8.97. The molecule has 3 fully saturated rings. The molecule has 0 aliphatic heterocycles. The lowest BCUT2D eigenvalue weighted by Gasteiger charge is -2.43. The molecule has 1 aromatic carbocycles. The molecule has 9 nitrogen and oxygen atoms in total. The Labute approximate surface area is 175 Å². The maximum absolute atomic E-state index is 13.1. The van der Waals surface area contributed by atoms with E-state index in [9.17, 15) is 13.7 Å². The van der Waals surface area contributed by atoms with E-state index in [1.54, 1.807) is 24.3 Å². The van der Waals surface area contributed by atoms with Gasteiger partial charge in [-0.2, -0.15) is 10.4 Å². The van der Waals surface area contributed by atoms with E-state index in [1.165, 1.54) is 10.8 Å². The summed E-state index contributed by atoms with van der Waals surface area (Å²) in [5, 5.41) is 13.5. The van der Waals surface area contributed by atoms with Gasteiger partial charge in [0.1, 0.15) is 16.6 Å². The average Bonchev–Trinajstić information content (AvgIpc) is 3.31. The molecule has 3 N–H and O–H groups in total. The zero-order valence-corrected chi connectivity index (χ0v) is 17.5. The molecule has 3 aromatic rings. The molecule has 0 amide bonds. The summed E-state index contributed by atoms with van der Waals surface area (Å²) in [5.74, 6) is 0.226. The lowest BCUT2D eigenvalue weighted by Crippen LogP contribution is -2.55. The summed E-state index contributed by atoms with van der Waals surface area (Å²) in [6.07, 6.45) is 3.89. The van der Waals surface area contributed by atoms with Crippen LogP contribution in [0.15, 0.2) is 40.1 Å². The van der Waals surface area contributed by atoms with Gasteiger partial charge in [0.25, 0.3) is 0 Å². The zero-order valence-electron chi connectivity index (χ0n) is 15.1. The van der Waals surface area contributed by atoms with Crippen molar-refractivity contribution in [3.8, 4) is 17.3 Å². The number of halogens is 1. The number of hydrogen-bond donors (Lipinski definition) is 2. The Kier molecular flexibility index (Phi) is 3.81. The van der Waals surface area contributed by atoms with Gasteiger partial charge >= 0.3 is 0 Å². The van der Waals surface area contributed by atoms with Crippen LogP contribution in [-0.4, -0.2) is 33.5 Å². The van der Waals surface area contributed by atoms with Gasteiger partial charge in [-0.1, -0.05) is 12.1 Å². The Morgan fingerprint density at radius 2 is 2.10 bits per heavy atom. The van der Waals surface area contributed by atoms with Crippen LogP contribution < -0.4 is 10.5 Å². The second kappa shape index (κ2) is 5.98. The molecule has 0 atom stereocenters. The number of nitrogen functional groups attached to an aromatic ring is 1. The summed E-state index contributed by atoms with van der Waals surface area (Å²) in [7, 11) is -3.75. The highest BCUT2D eigenvalue weighted by Gasteiger charge is 2.62. The highest BCUT2D eigenvalue weighted by Crippen LogP contribution is 2.61. The summed E-state index contributed by atoms with van der Waals surface area (Å²) in [6.45, 7) is 0. The number of aromatic nitrogens is 4. The minimum atomic E-state index is -3.75. The Hall–Kier alpha value is -2.55. The molecule has 0 unspecified atom stereocenters. The molecular weight excluding hydrogens is 458 g/mol. The molecule has 2 bridgehead atoms. The van der Waals surface area contributed by atoms with Crippen molar-refractivity contribution in [3.63, 3.8) is 0 Å². The van der Waals surface area contributed by atoms with Gasteiger partial charge in [-0.05, 0) is 53.7 Å². The van der Waals surface area contributed by atoms with Crippen LogP contribution in [-0.2, 0) is 10.0 Å². The van der Waals surface area contributed by atoms with E-state index < -0.39 is 15.6 Å². The summed E-state index contributed by atoms with van der Waals surface area (Å²) < 4.78 is 31.0. The van der Waals surface area contributed by atoms with Crippen molar-refractivity contribution in [2.24, 2.45) is 5.41 Å². The molecule has 11 heteroatoms. The lowest BCUT2D eigenvalue weighted by atomic mass is 9.66. The van der Waals surface area contributed by atoms with Gasteiger partial charge in [0.15, 0.2) is 11.5 Å². The number of fused-ring (bicyclic) bond motifs is 2. The molecule has 29 heavy (non-hydrogen) atoms. The number of benzene rings is 1. The van der Waals surface area contributed by atoms with E-state index >= 15 is 0 Å². The molecule has 2 heterocycles. The predicted molar refractivity (Wildman–Crippen MR) is 108 cm³/mol. The number of sulfonamides is 1. The summed E-state index contributed by atoms with van der Waals surface area (Å²) in [5.41, 5.74) is 6.59. The van der Waals surface area contributed by atoms with Crippen LogP contribution in [0.2, 0.25) is 0 Å². The fraction of sp³-hybridized carbons (Fsp3) is 0.333. The number of nitriles is 1. The topological polar surface area (TPSA) is 139 Å². The predicted octanol–water partition coefficient (Wildman–Crippen LogP) is 2.25. The number of nitrogens with zero attached hydrogens (tertiary/aromatic N) is 5. The van der Waals surface area contributed by atoms with E-state index in [2.05, 4.69) is 41.8 Å². The Morgan fingerprint density at radius 3 is 2.83 bits per heavy atom. The van der Waals surface area contributed by atoms with Crippen molar-refractivity contribution in [3.05, 3.63) is 35.2 Å². The third kappa shape index (κ3) is 2.74. The number of rotatable bonds is 4. The van der Waals surface area contributed by atoms with Crippen molar-refractivity contribution in [2.75, 3.05) is 5.73 Å². The van der Waals surface area contributed by atoms with Crippen molar-refractivity contribution in [2.45, 2.75) is 36.1 Å². The number of imidazole rings is 1. The Morgan fingerprint density at radius 1 is 1.31 bits per heavy atom. The van der Waals surface area contributed by atoms with E-state index in [1.807, 2.05) is 0 Å². The number of nitrogens with one attached hydrogen (secondary N) is 1. The van der Waals surface area contributed by atoms with E-state index in [0.29, 0.717) is 40.8 Å². The third-order valence-corrected chi connectivity index (χ3v) is 7.98. The van der Waals surface area contributed by atoms with Crippen molar-refractivity contribution < 1.29 is 8.42 Å². The van der Waals surface area contributed by atoms with Crippen molar-refractivity contribution in [1.29, 1.82) is 5.26 Å². The SMILES string of the molecule is N#CC12CCC(NS(=O)(=O)c3cccc(-c4c(Br)nc5c(N)ncnn45)c3)(C1)C2. The van der Waals surface area contributed by atoms with E-state index in [4.69, 9.17) is 5.73 Å². The molecular formula is C18H16BrN7O2S. The molecule has 0 spiro atoms. The van der Waals surface area contributed by atoms with Crippen molar-refractivity contribution in [1.82, 2.24) is 24.3 Å². The van der Waals surface area contributed by atoms with Gasteiger partial charge in [0.05, 0.1) is 16.4 Å². The highest BCUT2D eigenvalue weighted by atomic mass is 79.9. The van der Waals surface area contributed by atoms with Crippen LogP contribution in [0.1, 0.15) is 25.7 Å². The standard InChI is InChI=1S/C18H16BrN7O2S/c19-14-13(26-16(24-14)15(21)22-10-23-26)11-2-1-3-12(6-11)29(27,28)25-18-5-4-17(7-18,8-18)9-20/h1-3,6,10,25H,4-5,7-8H2,(H2,21,22,23). The molecule has 3 aliphatic carbocycles. The largest absolute Gasteiger partial charge is 0.381 e. The minimum absolute atomic E-state index is 0.148. The molecule has 2 aromatic heterocycles. The zero-order chi connectivity index (χ0) is 20.4. The van der Waals surface area contributed by atoms with E-state index in [0.717, 1.165) is 6.42 Å².